The molecule has 0 fully saturated rings. The molecule has 0 heterocycles. The Bertz CT molecular complexity index is 123. The standard InChI is InChI=1S/C7H13NO.H4N2/c1-5-7(9)8(4)6(2)3;1-2/h5-6H,1H2,2-4H3;1-2H2. The first-order chi connectivity index (χ1) is 5.09. The molecule has 0 aliphatic carbocycles. The van der Waals surface area contributed by atoms with E-state index in [1.807, 2.05) is 13.8 Å². The summed E-state index contributed by atoms with van der Waals surface area (Å²) >= 11 is 0. The number of hydrogen-bond acceptors (Lipinski definition) is 3. The molecule has 0 aliphatic heterocycles. The SMILES string of the molecule is C=CC(=O)N(C)C(C)C.NN. The van der Waals surface area contributed by atoms with Crippen molar-refractivity contribution in [2.45, 2.75) is 19.9 Å². The number of nitrogens with zero attached hydrogens (tertiary/aromatic N) is 1. The minimum atomic E-state index is -0.0231. The molecule has 0 saturated carbocycles. The van der Waals surface area contributed by atoms with Crippen LogP contribution < -0.4 is 11.7 Å². The fourth-order valence-electron chi connectivity index (χ4n) is 0.398. The van der Waals surface area contributed by atoms with Gasteiger partial charge in [-0.25, -0.2) is 0 Å². The number of nitrogens with two attached hydrogens (primary N) is 2. The Morgan fingerprint density at radius 2 is 1.91 bits per heavy atom. The van der Waals surface area contributed by atoms with Gasteiger partial charge in [0.05, 0.1) is 0 Å². The first-order valence-corrected chi connectivity index (χ1v) is 3.32. The van der Waals surface area contributed by atoms with Crippen molar-refractivity contribution in [1.29, 1.82) is 0 Å². The van der Waals surface area contributed by atoms with Gasteiger partial charge in [0, 0.05) is 13.1 Å². The number of amides is 1. The van der Waals surface area contributed by atoms with Crippen LogP contribution in [0.4, 0.5) is 0 Å². The average Bonchev–Trinajstić information content (AvgIpc) is 2.05. The molecular formula is C7H17N3O. The van der Waals surface area contributed by atoms with Crippen LogP contribution in [0.3, 0.4) is 0 Å². The maximum absolute atomic E-state index is 10.8. The smallest absolute Gasteiger partial charge is 0.245 e. The van der Waals surface area contributed by atoms with Crippen molar-refractivity contribution in [1.82, 2.24) is 4.90 Å². The highest BCUT2D eigenvalue weighted by Gasteiger charge is 2.05. The van der Waals surface area contributed by atoms with Crippen LogP contribution in [0.25, 0.3) is 0 Å². The predicted octanol–water partition coefficient (Wildman–Crippen LogP) is -0.142. The molecule has 0 bridgehead atoms. The summed E-state index contributed by atoms with van der Waals surface area (Å²) in [6.45, 7) is 7.29. The first kappa shape index (κ1) is 12.8. The normalized spacial score (nSPS) is 8.18. The molecule has 4 N–H and O–H groups in total. The van der Waals surface area contributed by atoms with Crippen LogP contribution in [0, 0.1) is 0 Å². The van der Waals surface area contributed by atoms with Crippen LogP contribution in [0.5, 0.6) is 0 Å². The van der Waals surface area contributed by atoms with Gasteiger partial charge >= 0.3 is 0 Å². The number of likely N-dealkylation sites (N-methyl/N-ethyl adjacent to an activating group) is 1. The van der Waals surface area contributed by atoms with Crippen LogP contribution in [0.2, 0.25) is 0 Å². The summed E-state index contributed by atoms with van der Waals surface area (Å²) in [5.41, 5.74) is 0. The fraction of sp³-hybridized carbons (Fsp3) is 0.571. The van der Waals surface area contributed by atoms with Crippen LogP contribution in [0.15, 0.2) is 12.7 Å². The van der Waals surface area contributed by atoms with E-state index >= 15 is 0 Å². The first-order valence-electron chi connectivity index (χ1n) is 3.32. The van der Waals surface area contributed by atoms with Crippen molar-refractivity contribution in [3.05, 3.63) is 12.7 Å². The summed E-state index contributed by atoms with van der Waals surface area (Å²) in [4.78, 5) is 12.4. The molecular weight excluding hydrogens is 142 g/mol. The van der Waals surface area contributed by atoms with Crippen molar-refractivity contribution in [2.24, 2.45) is 11.7 Å². The minimum Gasteiger partial charge on any atom is -0.340 e. The van der Waals surface area contributed by atoms with Gasteiger partial charge in [-0.1, -0.05) is 6.58 Å². The fourth-order valence-corrected chi connectivity index (χ4v) is 0.398. The predicted molar refractivity (Wildman–Crippen MR) is 46.5 cm³/mol. The van der Waals surface area contributed by atoms with E-state index in [-0.39, 0.29) is 11.9 Å². The van der Waals surface area contributed by atoms with Crippen molar-refractivity contribution < 1.29 is 4.79 Å². The maximum atomic E-state index is 10.8. The van der Waals surface area contributed by atoms with E-state index in [2.05, 4.69) is 18.3 Å². The molecule has 11 heavy (non-hydrogen) atoms. The molecule has 4 heteroatoms. The highest BCUT2D eigenvalue weighted by molar-refractivity contribution is 5.86. The zero-order chi connectivity index (χ0) is 9.44. The second kappa shape index (κ2) is 7.24. The number of carbonyl (C=O) groups excluding carboxylic acids is 1. The van der Waals surface area contributed by atoms with Gasteiger partial charge in [0.1, 0.15) is 0 Å². The van der Waals surface area contributed by atoms with E-state index in [4.69, 9.17) is 0 Å². The van der Waals surface area contributed by atoms with Crippen LogP contribution in [-0.4, -0.2) is 23.9 Å². The van der Waals surface area contributed by atoms with Gasteiger partial charge in [0.25, 0.3) is 0 Å². The second-order valence-corrected chi connectivity index (χ2v) is 2.25. The van der Waals surface area contributed by atoms with Gasteiger partial charge < -0.3 is 4.90 Å². The van der Waals surface area contributed by atoms with Crippen molar-refractivity contribution in [3.8, 4) is 0 Å². The van der Waals surface area contributed by atoms with Gasteiger partial charge in [-0.3, -0.25) is 16.5 Å². The molecule has 66 valence electrons. The van der Waals surface area contributed by atoms with E-state index in [1.165, 1.54) is 6.08 Å². The van der Waals surface area contributed by atoms with Gasteiger partial charge in [-0.05, 0) is 19.9 Å². The van der Waals surface area contributed by atoms with E-state index in [0.29, 0.717) is 0 Å². The average molecular weight is 159 g/mol. The van der Waals surface area contributed by atoms with Gasteiger partial charge in [-0.2, -0.15) is 0 Å². The molecule has 0 radical (unpaired) electrons. The maximum Gasteiger partial charge on any atom is 0.245 e. The third-order valence-electron chi connectivity index (χ3n) is 1.30. The summed E-state index contributed by atoms with van der Waals surface area (Å²) in [7, 11) is 1.76. The molecule has 0 aromatic carbocycles. The van der Waals surface area contributed by atoms with E-state index < -0.39 is 0 Å². The molecule has 0 rings (SSSR count). The summed E-state index contributed by atoms with van der Waals surface area (Å²) in [5.74, 6) is 7.98. The van der Waals surface area contributed by atoms with Crippen LogP contribution >= 0.6 is 0 Å². The Balaban J connectivity index is 0. The number of hydrazine groups is 1. The zero-order valence-corrected chi connectivity index (χ0v) is 7.37. The van der Waals surface area contributed by atoms with E-state index in [0.717, 1.165) is 0 Å². The van der Waals surface area contributed by atoms with Crippen LogP contribution in [-0.2, 0) is 4.79 Å². The summed E-state index contributed by atoms with van der Waals surface area (Å²) in [6.07, 6.45) is 1.32. The Kier molecular flexibility index (Phi) is 8.41. The monoisotopic (exact) mass is 159 g/mol. The number of hydrogen-bond donors (Lipinski definition) is 2. The van der Waals surface area contributed by atoms with Gasteiger partial charge in [-0.15, -0.1) is 0 Å². The van der Waals surface area contributed by atoms with Crippen molar-refractivity contribution >= 4 is 5.91 Å². The molecule has 1 amide bonds. The third-order valence-corrected chi connectivity index (χ3v) is 1.30. The number of carbonyl (C=O) groups is 1. The lowest BCUT2D eigenvalue weighted by atomic mass is 10.3. The van der Waals surface area contributed by atoms with Gasteiger partial charge in [0.15, 0.2) is 0 Å². The quantitative estimate of drug-likeness (QED) is 0.334. The van der Waals surface area contributed by atoms with Crippen molar-refractivity contribution in [2.75, 3.05) is 7.05 Å². The Morgan fingerprint density at radius 3 is 2.00 bits per heavy atom. The topological polar surface area (TPSA) is 72.3 Å². The molecule has 0 unspecified atom stereocenters. The molecule has 0 aromatic rings. The summed E-state index contributed by atoms with van der Waals surface area (Å²) in [5, 5.41) is 0. The Hall–Kier alpha value is -0.870. The molecule has 0 atom stereocenters. The lowest BCUT2D eigenvalue weighted by molar-refractivity contribution is -0.126. The lowest BCUT2D eigenvalue weighted by Crippen LogP contribution is -2.31. The minimum absolute atomic E-state index is 0.0231. The van der Waals surface area contributed by atoms with E-state index in [9.17, 15) is 4.79 Å². The van der Waals surface area contributed by atoms with Gasteiger partial charge in [0.2, 0.25) is 5.91 Å². The third kappa shape index (κ3) is 5.57. The largest absolute Gasteiger partial charge is 0.340 e. The lowest BCUT2D eigenvalue weighted by Gasteiger charge is -2.18. The van der Waals surface area contributed by atoms with Crippen LogP contribution in [0.1, 0.15) is 13.8 Å². The highest BCUT2D eigenvalue weighted by Crippen LogP contribution is 1.93. The molecule has 0 saturated heterocycles. The van der Waals surface area contributed by atoms with E-state index in [1.54, 1.807) is 11.9 Å². The molecule has 0 spiro atoms. The highest BCUT2D eigenvalue weighted by atomic mass is 16.2. The number of rotatable bonds is 2. The Labute approximate surface area is 67.8 Å². The molecule has 4 nitrogen and oxygen atoms in total. The molecule has 0 aromatic heterocycles. The Morgan fingerprint density at radius 1 is 1.55 bits per heavy atom. The molecule has 0 aliphatic rings. The zero-order valence-electron chi connectivity index (χ0n) is 7.37. The summed E-state index contributed by atoms with van der Waals surface area (Å²) in [6, 6.07) is 0.260. The van der Waals surface area contributed by atoms with Crippen molar-refractivity contribution in [3.63, 3.8) is 0 Å². The summed E-state index contributed by atoms with van der Waals surface area (Å²) < 4.78 is 0. The second-order valence-electron chi connectivity index (χ2n) is 2.25.